The minimum atomic E-state index is 0.190. The van der Waals surface area contributed by atoms with Gasteiger partial charge in [-0.15, -0.1) is 0 Å². The molecule has 0 aromatic heterocycles. The highest BCUT2D eigenvalue weighted by molar-refractivity contribution is 5.02. The standard InChI is InChI=1S/C14H30N4/c1-3-17(4-2)10-8-16-14(11-15)7-9-18(12-14)13-5-6-13/h13,16H,3-12,15H2,1-2H3. The topological polar surface area (TPSA) is 44.5 Å². The van der Waals surface area contributed by atoms with Crippen LogP contribution in [0.5, 0.6) is 0 Å². The van der Waals surface area contributed by atoms with Crippen LogP contribution >= 0.6 is 0 Å². The van der Waals surface area contributed by atoms with Crippen LogP contribution in [0.1, 0.15) is 33.1 Å². The van der Waals surface area contributed by atoms with Crippen molar-refractivity contribution in [3.8, 4) is 0 Å². The lowest BCUT2D eigenvalue weighted by Gasteiger charge is -2.31. The van der Waals surface area contributed by atoms with Crippen LogP contribution in [0.2, 0.25) is 0 Å². The molecule has 0 spiro atoms. The Morgan fingerprint density at radius 1 is 1.33 bits per heavy atom. The zero-order valence-electron chi connectivity index (χ0n) is 12.1. The van der Waals surface area contributed by atoms with Crippen LogP contribution in [-0.2, 0) is 0 Å². The molecule has 0 bridgehead atoms. The highest BCUT2D eigenvalue weighted by Gasteiger charge is 2.41. The summed E-state index contributed by atoms with van der Waals surface area (Å²) in [5, 5.41) is 3.75. The van der Waals surface area contributed by atoms with Crippen LogP contribution in [0.3, 0.4) is 0 Å². The second-order valence-corrected chi connectivity index (χ2v) is 5.89. The molecule has 1 aliphatic heterocycles. The van der Waals surface area contributed by atoms with Gasteiger partial charge in [0.25, 0.3) is 0 Å². The van der Waals surface area contributed by atoms with Gasteiger partial charge in [-0.3, -0.25) is 4.90 Å². The number of nitrogens with two attached hydrogens (primary N) is 1. The summed E-state index contributed by atoms with van der Waals surface area (Å²) in [6, 6.07) is 0.878. The number of likely N-dealkylation sites (N-methyl/N-ethyl adjacent to an activating group) is 1. The van der Waals surface area contributed by atoms with Gasteiger partial charge >= 0.3 is 0 Å². The molecule has 1 heterocycles. The fraction of sp³-hybridized carbons (Fsp3) is 1.00. The van der Waals surface area contributed by atoms with Crippen LogP contribution in [0, 0.1) is 0 Å². The number of hydrogen-bond acceptors (Lipinski definition) is 4. The van der Waals surface area contributed by atoms with E-state index in [0.29, 0.717) is 0 Å². The van der Waals surface area contributed by atoms with E-state index >= 15 is 0 Å². The maximum Gasteiger partial charge on any atom is 0.0445 e. The molecule has 4 heteroatoms. The average molecular weight is 254 g/mol. The minimum Gasteiger partial charge on any atom is -0.329 e. The van der Waals surface area contributed by atoms with Crippen molar-refractivity contribution < 1.29 is 0 Å². The Morgan fingerprint density at radius 3 is 2.61 bits per heavy atom. The van der Waals surface area contributed by atoms with Gasteiger partial charge in [-0.1, -0.05) is 13.8 Å². The van der Waals surface area contributed by atoms with Gasteiger partial charge in [0, 0.05) is 44.3 Å². The Morgan fingerprint density at radius 2 is 2.06 bits per heavy atom. The third-order valence-electron chi connectivity index (χ3n) is 4.66. The summed E-state index contributed by atoms with van der Waals surface area (Å²) in [5.74, 6) is 0. The fourth-order valence-electron chi connectivity index (χ4n) is 3.06. The lowest BCUT2D eigenvalue weighted by Crippen LogP contribution is -2.55. The highest BCUT2D eigenvalue weighted by Crippen LogP contribution is 2.32. The van der Waals surface area contributed by atoms with E-state index in [9.17, 15) is 0 Å². The first-order valence-electron chi connectivity index (χ1n) is 7.64. The Labute approximate surface area is 112 Å². The molecule has 1 atom stereocenters. The molecule has 0 radical (unpaired) electrons. The van der Waals surface area contributed by atoms with Crippen molar-refractivity contribution in [1.29, 1.82) is 0 Å². The van der Waals surface area contributed by atoms with E-state index in [1.54, 1.807) is 0 Å². The molecular weight excluding hydrogens is 224 g/mol. The summed E-state index contributed by atoms with van der Waals surface area (Å²) in [6.07, 6.45) is 4.03. The summed E-state index contributed by atoms with van der Waals surface area (Å²) >= 11 is 0. The molecule has 2 rings (SSSR count). The van der Waals surface area contributed by atoms with Crippen LogP contribution in [-0.4, -0.2) is 67.2 Å². The Balaban J connectivity index is 1.74. The molecule has 2 fully saturated rings. The van der Waals surface area contributed by atoms with Gasteiger partial charge in [-0.25, -0.2) is 0 Å². The highest BCUT2D eigenvalue weighted by atomic mass is 15.3. The largest absolute Gasteiger partial charge is 0.329 e. The lowest BCUT2D eigenvalue weighted by molar-refractivity contribution is 0.252. The van der Waals surface area contributed by atoms with Gasteiger partial charge < -0.3 is 16.0 Å². The maximum absolute atomic E-state index is 6.03. The lowest BCUT2D eigenvalue weighted by atomic mass is 9.99. The van der Waals surface area contributed by atoms with Crippen LogP contribution in [0.25, 0.3) is 0 Å². The summed E-state index contributed by atoms with van der Waals surface area (Å²) in [7, 11) is 0. The van der Waals surface area contributed by atoms with E-state index in [0.717, 1.165) is 45.3 Å². The second kappa shape index (κ2) is 6.33. The van der Waals surface area contributed by atoms with E-state index in [-0.39, 0.29) is 5.54 Å². The van der Waals surface area contributed by atoms with Gasteiger partial charge in [-0.2, -0.15) is 0 Å². The number of hydrogen-bond donors (Lipinski definition) is 2. The average Bonchev–Trinajstić information content (AvgIpc) is 3.17. The molecule has 18 heavy (non-hydrogen) atoms. The molecule has 3 N–H and O–H groups in total. The Hall–Kier alpha value is -0.160. The first-order chi connectivity index (χ1) is 8.73. The van der Waals surface area contributed by atoms with Crippen LogP contribution < -0.4 is 11.1 Å². The number of nitrogens with zero attached hydrogens (tertiary/aromatic N) is 2. The van der Waals surface area contributed by atoms with Gasteiger partial charge in [0.05, 0.1) is 0 Å². The summed E-state index contributed by atoms with van der Waals surface area (Å²) in [4.78, 5) is 5.10. The quantitative estimate of drug-likeness (QED) is 0.661. The summed E-state index contributed by atoms with van der Waals surface area (Å²) < 4.78 is 0. The molecule has 1 saturated heterocycles. The van der Waals surface area contributed by atoms with Crippen LogP contribution in [0.15, 0.2) is 0 Å². The smallest absolute Gasteiger partial charge is 0.0445 e. The number of likely N-dealkylation sites (tertiary alicyclic amines) is 1. The summed E-state index contributed by atoms with van der Waals surface area (Å²) in [5.41, 5.74) is 6.22. The third-order valence-corrected chi connectivity index (χ3v) is 4.66. The molecule has 1 aliphatic carbocycles. The monoisotopic (exact) mass is 254 g/mol. The van der Waals surface area contributed by atoms with Gasteiger partial charge in [0.2, 0.25) is 0 Å². The van der Waals surface area contributed by atoms with Crippen LogP contribution in [0.4, 0.5) is 0 Å². The Bertz CT molecular complexity index is 250. The summed E-state index contributed by atoms with van der Waals surface area (Å²) in [6.45, 7) is 12.1. The SMILES string of the molecule is CCN(CC)CCNC1(CN)CCN(C2CC2)C1. The van der Waals surface area contributed by atoms with Crippen molar-refractivity contribution in [1.82, 2.24) is 15.1 Å². The molecule has 0 amide bonds. The van der Waals surface area contributed by atoms with Crippen molar-refractivity contribution in [2.45, 2.75) is 44.7 Å². The van der Waals surface area contributed by atoms with E-state index in [1.165, 1.54) is 25.8 Å². The number of nitrogens with one attached hydrogen (secondary N) is 1. The first kappa shape index (κ1) is 14.3. The molecule has 2 aliphatic rings. The fourth-order valence-corrected chi connectivity index (χ4v) is 3.06. The molecule has 0 aromatic rings. The molecule has 1 unspecified atom stereocenters. The Kier molecular flexibility index (Phi) is 5.01. The normalized spacial score (nSPS) is 29.3. The molecule has 0 aromatic carbocycles. The van der Waals surface area contributed by atoms with E-state index in [4.69, 9.17) is 5.73 Å². The molecule has 1 saturated carbocycles. The predicted molar refractivity (Wildman–Crippen MR) is 76.8 cm³/mol. The predicted octanol–water partition coefficient (Wildman–Crippen LogP) is 0.483. The van der Waals surface area contributed by atoms with Gasteiger partial charge in [-0.05, 0) is 32.4 Å². The zero-order chi connectivity index (χ0) is 13.0. The van der Waals surface area contributed by atoms with E-state index < -0.39 is 0 Å². The van der Waals surface area contributed by atoms with E-state index in [2.05, 4.69) is 29.0 Å². The third kappa shape index (κ3) is 3.44. The second-order valence-electron chi connectivity index (χ2n) is 5.89. The van der Waals surface area contributed by atoms with Gasteiger partial charge in [0.1, 0.15) is 0 Å². The molecule has 4 nitrogen and oxygen atoms in total. The molecular formula is C14H30N4. The van der Waals surface area contributed by atoms with Crippen molar-refractivity contribution in [2.75, 3.05) is 45.8 Å². The van der Waals surface area contributed by atoms with Crippen molar-refractivity contribution in [3.05, 3.63) is 0 Å². The van der Waals surface area contributed by atoms with Crippen molar-refractivity contribution in [2.24, 2.45) is 5.73 Å². The first-order valence-corrected chi connectivity index (χ1v) is 7.64. The minimum absolute atomic E-state index is 0.190. The van der Waals surface area contributed by atoms with E-state index in [1.807, 2.05) is 0 Å². The maximum atomic E-state index is 6.03. The number of rotatable bonds is 8. The van der Waals surface area contributed by atoms with Crippen molar-refractivity contribution >= 4 is 0 Å². The van der Waals surface area contributed by atoms with Crippen molar-refractivity contribution in [3.63, 3.8) is 0 Å². The molecule has 106 valence electrons. The zero-order valence-corrected chi connectivity index (χ0v) is 12.1. The van der Waals surface area contributed by atoms with Gasteiger partial charge in [0.15, 0.2) is 0 Å².